The number of aryl methyl sites for hydroxylation is 1. The van der Waals surface area contributed by atoms with Crippen LogP contribution < -0.4 is 16.2 Å². The van der Waals surface area contributed by atoms with Crippen molar-refractivity contribution in [2.75, 3.05) is 44.6 Å². The molecule has 7 nitrogen and oxygen atoms in total. The second kappa shape index (κ2) is 9.77. The van der Waals surface area contributed by atoms with Crippen molar-refractivity contribution in [3.05, 3.63) is 65.0 Å². The number of benzene rings is 2. The van der Waals surface area contributed by atoms with E-state index < -0.39 is 0 Å². The molecule has 0 spiro atoms. The fourth-order valence-corrected chi connectivity index (χ4v) is 4.35. The van der Waals surface area contributed by atoms with Gasteiger partial charge in [0.15, 0.2) is 0 Å². The zero-order valence-corrected chi connectivity index (χ0v) is 18.5. The third-order valence-corrected chi connectivity index (χ3v) is 6.46. The molecule has 2 aromatic rings. The van der Waals surface area contributed by atoms with Crippen LogP contribution in [0.4, 0.5) is 10.1 Å². The highest BCUT2D eigenvalue weighted by Gasteiger charge is 2.37. The molecule has 2 heterocycles. The molecule has 2 saturated heterocycles. The maximum atomic E-state index is 13.3. The Morgan fingerprint density at radius 3 is 2.50 bits per heavy atom. The Labute approximate surface area is 187 Å². The molecule has 0 saturated carbocycles. The van der Waals surface area contributed by atoms with Crippen molar-refractivity contribution in [2.45, 2.75) is 19.9 Å². The quantitative estimate of drug-likeness (QED) is 0.664. The number of carbonyl (C=O) groups is 2. The summed E-state index contributed by atoms with van der Waals surface area (Å²) in [5, 5.41) is 3.00. The molecule has 4 rings (SSSR count). The zero-order chi connectivity index (χ0) is 22.7. The first-order chi connectivity index (χ1) is 15.4. The van der Waals surface area contributed by atoms with Crippen LogP contribution in [-0.4, -0.2) is 60.9 Å². The second-order valence-corrected chi connectivity index (χ2v) is 8.56. The first-order valence-electron chi connectivity index (χ1n) is 11.0. The number of piperazine rings is 1. The highest BCUT2D eigenvalue weighted by molar-refractivity contribution is 5.93. The van der Waals surface area contributed by atoms with E-state index >= 15 is 0 Å². The number of rotatable bonds is 5. The van der Waals surface area contributed by atoms with Crippen LogP contribution in [0.5, 0.6) is 0 Å². The molecule has 2 amide bonds. The van der Waals surface area contributed by atoms with Crippen molar-refractivity contribution < 1.29 is 14.0 Å². The van der Waals surface area contributed by atoms with Gasteiger partial charge in [-0.05, 0) is 48.7 Å². The highest BCUT2D eigenvalue weighted by atomic mass is 19.1. The van der Waals surface area contributed by atoms with Crippen molar-refractivity contribution in [1.82, 2.24) is 20.7 Å². The van der Waals surface area contributed by atoms with Crippen molar-refractivity contribution in [3.8, 4) is 0 Å². The van der Waals surface area contributed by atoms with E-state index in [0.717, 1.165) is 22.4 Å². The maximum Gasteiger partial charge on any atom is 0.238 e. The lowest BCUT2D eigenvalue weighted by atomic mass is 9.93. The van der Waals surface area contributed by atoms with Crippen molar-refractivity contribution >= 4 is 17.5 Å². The third-order valence-electron chi connectivity index (χ3n) is 6.46. The van der Waals surface area contributed by atoms with Gasteiger partial charge in [-0.25, -0.2) is 9.82 Å². The number of halogens is 1. The standard InChI is InChI=1S/C24H30FN5O2/c1-16-4-3-5-21(17(16)2)27-22(31)15-29-10-12-30(13-11-29)24(32)20-14-26-28-23(20)18-6-8-19(25)9-7-18/h3-9,20,23,26,28H,10-15H2,1-2H3,(H,27,31). The number of amides is 2. The summed E-state index contributed by atoms with van der Waals surface area (Å²) in [6.45, 7) is 7.34. The van der Waals surface area contributed by atoms with Crippen molar-refractivity contribution in [3.63, 3.8) is 0 Å². The number of nitrogens with zero attached hydrogens (tertiary/aromatic N) is 2. The van der Waals surface area contributed by atoms with E-state index in [9.17, 15) is 14.0 Å². The molecule has 170 valence electrons. The van der Waals surface area contributed by atoms with Crippen molar-refractivity contribution in [2.24, 2.45) is 5.92 Å². The molecule has 2 aliphatic heterocycles. The van der Waals surface area contributed by atoms with E-state index in [0.29, 0.717) is 39.3 Å². The Kier molecular flexibility index (Phi) is 6.83. The second-order valence-electron chi connectivity index (χ2n) is 8.56. The summed E-state index contributed by atoms with van der Waals surface area (Å²) < 4.78 is 13.3. The van der Waals surface area contributed by atoms with E-state index in [1.54, 1.807) is 12.1 Å². The van der Waals surface area contributed by atoms with Gasteiger partial charge in [0.2, 0.25) is 11.8 Å². The summed E-state index contributed by atoms with van der Waals surface area (Å²) in [4.78, 5) is 29.6. The number of hydrogen-bond donors (Lipinski definition) is 3. The predicted octanol–water partition coefficient (Wildman–Crippen LogP) is 1.99. The SMILES string of the molecule is Cc1cccc(NC(=O)CN2CCN(C(=O)C3CNNC3c3ccc(F)cc3)CC2)c1C. The molecule has 0 radical (unpaired) electrons. The maximum absolute atomic E-state index is 13.3. The number of nitrogens with one attached hydrogen (secondary N) is 3. The van der Waals surface area contributed by atoms with Gasteiger partial charge >= 0.3 is 0 Å². The first-order valence-corrected chi connectivity index (χ1v) is 11.0. The van der Waals surface area contributed by atoms with E-state index in [-0.39, 0.29) is 29.6 Å². The molecular weight excluding hydrogens is 409 g/mol. The van der Waals surface area contributed by atoms with Crippen LogP contribution in [0.3, 0.4) is 0 Å². The fourth-order valence-electron chi connectivity index (χ4n) is 4.35. The molecule has 8 heteroatoms. The molecule has 3 N–H and O–H groups in total. The monoisotopic (exact) mass is 439 g/mol. The summed E-state index contributed by atoms with van der Waals surface area (Å²) >= 11 is 0. The van der Waals surface area contributed by atoms with Gasteiger partial charge in [-0.15, -0.1) is 0 Å². The van der Waals surface area contributed by atoms with Crippen molar-refractivity contribution in [1.29, 1.82) is 0 Å². The number of hydrogen-bond acceptors (Lipinski definition) is 5. The average Bonchev–Trinajstić information content (AvgIpc) is 3.27. The van der Waals surface area contributed by atoms with E-state index in [2.05, 4.69) is 21.1 Å². The lowest BCUT2D eigenvalue weighted by molar-refractivity contribution is -0.137. The predicted molar refractivity (Wildman–Crippen MR) is 121 cm³/mol. The molecule has 2 unspecified atom stereocenters. The van der Waals surface area contributed by atoms with Crippen LogP contribution in [0, 0.1) is 25.6 Å². The summed E-state index contributed by atoms with van der Waals surface area (Å²) in [6, 6.07) is 11.9. The molecule has 0 aliphatic carbocycles. The van der Waals surface area contributed by atoms with Crippen LogP contribution in [0.15, 0.2) is 42.5 Å². The van der Waals surface area contributed by atoms with Gasteiger partial charge in [-0.2, -0.15) is 0 Å². The molecule has 32 heavy (non-hydrogen) atoms. The zero-order valence-electron chi connectivity index (χ0n) is 18.5. The molecular formula is C24H30FN5O2. The van der Waals surface area contributed by atoms with Gasteiger partial charge in [0, 0.05) is 38.4 Å². The molecule has 2 aliphatic rings. The van der Waals surface area contributed by atoms with E-state index in [4.69, 9.17) is 0 Å². The van der Waals surface area contributed by atoms with Gasteiger partial charge in [0.25, 0.3) is 0 Å². The van der Waals surface area contributed by atoms with Crippen LogP contribution in [0.2, 0.25) is 0 Å². The smallest absolute Gasteiger partial charge is 0.238 e. The average molecular weight is 440 g/mol. The molecule has 0 aromatic heterocycles. The van der Waals surface area contributed by atoms with Gasteiger partial charge in [0.05, 0.1) is 18.5 Å². The minimum Gasteiger partial charge on any atom is -0.340 e. The fraction of sp³-hybridized carbons (Fsp3) is 0.417. The normalized spacial score (nSPS) is 21.5. The number of hydrazine groups is 1. The molecule has 2 fully saturated rings. The topological polar surface area (TPSA) is 76.7 Å². The highest BCUT2D eigenvalue weighted by Crippen LogP contribution is 2.27. The summed E-state index contributed by atoms with van der Waals surface area (Å²) in [5.41, 5.74) is 10.2. The van der Waals surface area contributed by atoms with Gasteiger partial charge < -0.3 is 10.2 Å². The van der Waals surface area contributed by atoms with Crippen LogP contribution in [0.1, 0.15) is 22.7 Å². The Morgan fingerprint density at radius 2 is 1.78 bits per heavy atom. The number of anilines is 1. The van der Waals surface area contributed by atoms with E-state index in [1.165, 1.54) is 12.1 Å². The Bertz CT molecular complexity index is 973. The third kappa shape index (κ3) is 4.98. The largest absolute Gasteiger partial charge is 0.340 e. The molecule has 0 bridgehead atoms. The summed E-state index contributed by atoms with van der Waals surface area (Å²) in [5.74, 6) is -0.504. The van der Waals surface area contributed by atoms with Crippen LogP contribution in [-0.2, 0) is 9.59 Å². The summed E-state index contributed by atoms with van der Waals surface area (Å²) in [7, 11) is 0. The van der Waals surface area contributed by atoms with Crippen LogP contribution in [0.25, 0.3) is 0 Å². The van der Waals surface area contributed by atoms with Gasteiger partial charge in [-0.3, -0.25) is 19.9 Å². The summed E-state index contributed by atoms with van der Waals surface area (Å²) in [6.07, 6.45) is 0. The molecule has 2 aromatic carbocycles. The lowest BCUT2D eigenvalue weighted by Gasteiger charge is -2.36. The minimum atomic E-state index is -0.291. The lowest BCUT2D eigenvalue weighted by Crippen LogP contribution is -2.52. The Hall–Kier alpha value is -2.81. The first kappa shape index (κ1) is 22.4. The van der Waals surface area contributed by atoms with Crippen LogP contribution >= 0.6 is 0 Å². The Morgan fingerprint density at radius 1 is 1.06 bits per heavy atom. The van der Waals surface area contributed by atoms with E-state index in [1.807, 2.05) is 36.9 Å². The Balaban J connectivity index is 1.29. The van der Waals surface area contributed by atoms with Gasteiger partial charge in [-0.1, -0.05) is 24.3 Å². The minimum absolute atomic E-state index is 0.0426. The number of carbonyl (C=O) groups excluding carboxylic acids is 2. The molecule has 2 atom stereocenters. The van der Waals surface area contributed by atoms with Gasteiger partial charge in [0.1, 0.15) is 5.82 Å².